The summed E-state index contributed by atoms with van der Waals surface area (Å²) in [6, 6.07) is 3.95. The maximum absolute atomic E-state index is 13.2. The third-order valence-corrected chi connectivity index (χ3v) is 7.08. The highest BCUT2D eigenvalue weighted by molar-refractivity contribution is 5.91. The lowest BCUT2D eigenvalue weighted by atomic mass is 9.81. The van der Waals surface area contributed by atoms with E-state index in [1.807, 2.05) is 18.3 Å². The normalized spacial score (nSPS) is 20.0. The van der Waals surface area contributed by atoms with Gasteiger partial charge in [-0.3, -0.25) is 4.79 Å². The molecular weight excluding hydrogens is 480 g/mol. The average molecular weight is 512 g/mol. The Kier molecular flexibility index (Phi) is 6.42. The number of carbonyl (C=O) groups is 1. The van der Waals surface area contributed by atoms with Gasteiger partial charge in [-0.1, -0.05) is 0 Å². The van der Waals surface area contributed by atoms with Gasteiger partial charge in [0.05, 0.1) is 12.1 Å². The summed E-state index contributed by atoms with van der Waals surface area (Å²) in [4.78, 5) is 25.0. The number of nitrogens with one attached hydrogen (secondary N) is 3. The number of hydrogen-bond donors (Lipinski definition) is 3. The van der Waals surface area contributed by atoms with Crippen molar-refractivity contribution in [2.24, 2.45) is 0 Å². The van der Waals surface area contributed by atoms with Crippen LogP contribution in [0.4, 0.5) is 20.5 Å². The molecule has 4 aromatic rings. The van der Waals surface area contributed by atoms with Crippen molar-refractivity contribution in [3.8, 4) is 11.1 Å². The van der Waals surface area contributed by atoms with Gasteiger partial charge in [-0.2, -0.15) is 4.98 Å². The van der Waals surface area contributed by atoms with Crippen LogP contribution in [0.15, 0.2) is 24.5 Å². The van der Waals surface area contributed by atoms with Gasteiger partial charge in [-0.15, -0.1) is 5.10 Å². The standard InChI is InChI=1S/C25H31F2N9O/c1-14-30-22-19(35(14)13-20(26)27)11-16(12-29-22)18-7-10-36-21(18)23(28-4)32-24(34-36)31-17-5-8-25(3,9-6-17)33-15(2)37/h7,10-12,17,20H,5-6,8-9,13H2,1-4H3,(H,33,37)(H2,28,31,32,34). The molecule has 1 fully saturated rings. The van der Waals surface area contributed by atoms with Crippen LogP contribution in [0.5, 0.6) is 0 Å². The summed E-state index contributed by atoms with van der Waals surface area (Å²) in [7, 11) is 1.80. The van der Waals surface area contributed by atoms with Crippen LogP contribution in [0, 0.1) is 6.92 Å². The van der Waals surface area contributed by atoms with E-state index in [1.165, 1.54) is 4.57 Å². The Morgan fingerprint density at radius 1 is 1.27 bits per heavy atom. The average Bonchev–Trinajstić information content (AvgIpc) is 3.40. The van der Waals surface area contributed by atoms with Crippen LogP contribution in [0.1, 0.15) is 45.4 Å². The predicted octanol–water partition coefficient (Wildman–Crippen LogP) is 4.01. The first-order valence-electron chi connectivity index (χ1n) is 12.4. The summed E-state index contributed by atoms with van der Waals surface area (Å²) in [6.45, 7) is 4.90. The summed E-state index contributed by atoms with van der Waals surface area (Å²) >= 11 is 0. The van der Waals surface area contributed by atoms with Crippen molar-refractivity contribution in [1.29, 1.82) is 0 Å². The van der Waals surface area contributed by atoms with Crippen molar-refractivity contribution < 1.29 is 13.6 Å². The highest BCUT2D eigenvalue weighted by Crippen LogP contribution is 2.33. The number of fused-ring (bicyclic) bond motifs is 2. The molecule has 0 aliphatic heterocycles. The molecule has 0 saturated heterocycles. The topological polar surface area (TPSA) is 114 Å². The van der Waals surface area contributed by atoms with Crippen LogP contribution in [-0.2, 0) is 11.3 Å². The Morgan fingerprint density at radius 2 is 2.03 bits per heavy atom. The monoisotopic (exact) mass is 511 g/mol. The third kappa shape index (κ3) is 4.92. The molecule has 0 unspecified atom stereocenters. The first kappa shape index (κ1) is 24.8. The zero-order chi connectivity index (χ0) is 26.3. The summed E-state index contributed by atoms with van der Waals surface area (Å²) < 4.78 is 29.6. The van der Waals surface area contributed by atoms with E-state index in [0.29, 0.717) is 28.8 Å². The van der Waals surface area contributed by atoms with Crippen LogP contribution in [0.25, 0.3) is 27.8 Å². The van der Waals surface area contributed by atoms with E-state index < -0.39 is 13.0 Å². The molecule has 3 N–H and O–H groups in total. The number of aromatic nitrogens is 6. The highest BCUT2D eigenvalue weighted by atomic mass is 19.3. The molecule has 0 aromatic carbocycles. The molecule has 0 radical (unpaired) electrons. The molecular formula is C25H31F2N9O. The Morgan fingerprint density at radius 3 is 2.70 bits per heavy atom. The number of pyridine rings is 1. The minimum Gasteiger partial charge on any atom is -0.371 e. The summed E-state index contributed by atoms with van der Waals surface area (Å²) in [6.07, 6.45) is 4.57. The quantitative estimate of drug-likeness (QED) is 0.344. The molecule has 1 saturated carbocycles. The van der Waals surface area contributed by atoms with E-state index in [-0.39, 0.29) is 17.5 Å². The van der Waals surface area contributed by atoms with E-state index in [9.17, 15) is 13.6 Å². The molecule has 37 heavy (non-hydrogen) atoms. The fourth-order valence-electron chi connectivity index (χ4n) is 5.26. The molecule has 0 spiro atoms. The molecule has 10 nitrogen and oxygen atoms in total. The zero-order valence-corrected chi connectivity index (χ0v) is 21.3. The van der Waals surface area contributed by atoms with Crippen LogP contribution in [0.2, 0.25) is 0 Å². The number of amides is 1. The number of hydrogen-bond acceptors (Lipinski definition) is 7. The number of aryl methyl sites for hydroxylation is 1. The van der Waals surface area contributed by atoms with Gasteiger partial charge >= 0.3 is 0 Å². The summed E-state index contributed by atoms with van der Waals surface area (Å²) in [5, 5.41) is 14.4. The van der Waals surface area contributed by atoms with Gasteiger partial charge in [0.25, 0.3) is 6.43 Å². The summed E-state index contributed by atoms with van der Waals surface area (Å²) in [5.41, 5.74) is 3.16. The molecule has 12 heteroatoms. The van der Waals surface area contributed by atoms with E-state index in [1.54, 1.807) is 31.6 Å². The Hall–Kier alpha value is -3.83. The van der Waals surface area contributed by atoms with Crippen LogP contribution in [-0.4, -0.2) is 60.1 Å². The molecule has 1 amide bonds. The third-order valence-electron chi connectivity index (χ3n) is 7.08. The second-order valence-electron chi connectivity index (χ2n) is 9.94. The van der Waals surface area contributed by atoms with Crippen molar-refractivity contribution in [3.05, 3.63) is 30.4 Å². The van der Waals surface area contributed by atoms with Crippen LogP contribution >= 0.6 is 0 Å². The molecule has 0 atom stereocenters. The van der Waals surface area contributed by atoms with Gasteiger partial charge < -0.3 is 20.5 Å². The van der Waals surface area contributed by atoms with Crippen molar-refractivity contribution in [2.45, 2.75) is 71.0 Å². The van der Waals surface area contributed by atoms with Crippen molar-refractivity contribution in [2.75, 3.05) is 17.7 Å². The predicted molar refractivity (Wildman–Crippen MR) is 138 cm³/mol. The van der Waals surface area contributed by atoms with E-state index in [2.05, 4.69) is 37.9 Å². The van der Waals surface area contributed by atoms with Gasteiger partial charge in [0.15, 0.2) is 11.5 Å². The van der Waals surface area contributed by atoms with Crippen molar-refractivity contribution in [3.63, 3.8) is 0 Å². The summed E-state index contributed by atoms with van der Waals surface area (Å²) in [5.74, 6) is 1.63. The van der Waals surface area contributed by atoms with Gasteiger partial charge in [-0.25, -0.2) is 23.3 Å². The van der Waals surface area contributed by atoms with E-state index in [4.69, 9.17) is 4.98 Å². The number of carbonyl (C=O) groups excluding carboxylic acids is 1. The largest absolute Gasteiger partial charge is 0.371 e. The minimum atomic E-state index is -2.49. The number of nitrogens with zero attached hydrogens (tertiary/aromatic N) is 6. The SMILES string of the molecule is CNc1nc(NC2CCC(C)(NC(C)=O)CC2)nn2ccc(-c3cnc4nc(C)n(CC(F)F)c4c3)c12. The fourth-order valence-corrected chi connectivity index (χ4v) is 5.26. The molecule has 4 heterocycles. The zero-order valence-electron chi connectivity index (χ0n) is 21.3. The molecule has 1 aliphatic carbocycles. The molecule has 196 valence electrons. The number of imidazole rings is 1. The molecule has 0 bridgehead atoms. The number of alkyl halides is 2. The molecule has 1 aliphatic rings. The second kappa shape index (κ2) is 9.56. The first-order valence-corrected chi connectivity index (χ1v) is 12.4. The lowest BCUT2D eigenvalue weighted by Gasteiger charge is -2.38. The number of halogens is 2. The van der Waals surface area contributed by atoms with Crippen molar-refractivity contribution >= 4 is 34.4 Å². The van der Waals surface area contributed by atoms with Crippen LogP contribution in [0.3, 0.4) is 0 Å². The minimum absolute atomic E-state index is 0.00673. The maximum atomic E-state index is 13.2. The smallest absolute Gasteiger partial charge is 0.256 e. The van der Waals surface area contributed by atoms with Gasteiger partial charge in [-0.05, 0) is 51.7 Å². The Bertz CT molecular complexity index is 1450. The molecule has 5 rings (SSSR count). The van der Waals surface area contributed by atoms with Gasteiger partial charge in [0, 0.05) is 49.1 Å². The van der Waals surface area contributed by atoms with Crippen LogP contribution < -0.4 is 16.0 Å². The molecule has 4 aromatic heterocycles. The lowest BCUT2D eigenvalue weighted by Crippen LogP contribution is -2.49. The fraction of sp³-hybridized carbons (Fsp3) is 0.480. The maximum Gasteiger partial charge on any atom is 0.256 e. The Labute approximate surface area is 212 Å². The number of rotatable bonds is 7. The van der Waals surface area contributed by atoms with Crippen molar-refractivity contribution in [1.82, 2.24) is 34.4 Å². The highest BCUT2D eigenvalue weighted by Gasteiger charge is 2.32. The van der Waals surface area contributed by atoms with Gasteiger partial charge in [0.1, 0.15) is 11.3 Å². The van der Waals surface area contributed by atoms with E-state index >= 15 is 0 Å². The Balaban J connectivity index is 1.43. The second-order valence-corrected chi connectivity index (χ2v) is 9.94. The lowest BCUT2D eigenvalue weighted by molar-refractivity contribution is -0.121. The van der Waals surface area contributed by atoms with Gasteiger partial charge in [0.2, 0.25) is 11.9 Å². The number of anilines is 2. The first-order chi connectivity index (χ1) is 17.7. The van der Waals surface area contributed by atoms with E-state index in [0.717, 1.165) is 42.3 Å².